The average Bonchev–Trinajstić information content (AvgIpc) is 3.06. The first kappa shape index (κ1) is 21.5. The predicted molar refractivity (Wildman–Crippen MR) is 123 cm³/mol. The lowest BCUT2D eigenvalue weighted by Gasteiger charge is -2.10. The van der Waals surface area contributed by atoms with E-state index >= 15 is 0 Å². The van der Waals surface area contributed by atoms with Crippen LogP contribution in [0.4, 0.5) is 0 Å². The predicted octanol–water partition coefficient (Wildman–Crippen LogP) is 3.98. The van der Waals surface area contributed by atoms with Crippen LogP contribution in [0, 0.1) is 0 Å². The van der Waals surface area contributed by atoms with Crippen LogP contribution in [0.5, 0.6) is 5.75 Å². The van der Waals surface area contributed by atoms with Gasteiger partial charge >= 0.3 is 0 Å². The zero-order valence-corrected chi connectivity index (χ0v) is 19.2. The molecule has 0 saturated heterocycles. The van der Waals surface area contributed by atoms with Gasteiger partial charge in [-0.15, -0.1) is 24.0 Å². The van der Waals surface area contributed by atoms with E-state index in [0.717, 1.165) is 39.6 Å². The summed E-state index contributed by atoms with van der Waals surface area (Å²) in [6.07, 6.45) is 4.01. The number of guanidine groups is 1. The highest BCUT2D eigenvalue weighted by Crippen LogP contribution is 2.13. The molecule has 3 rings (SSSR count). The number of fused-ring (bicyclic) bond motifs is 1. The van der Waals surface area contributed by atoms with Gasteiger partial charge < -0.3 is 19.8 Å². The maximum Gasteiger partial charge on any atom is 0.191 e. The molecule has 0 atom stereocenters. The molecule has 0 amide bonds. The molecule has 6 nitrogen and oxygen atoms in total. The minimum absolute atomic E-state index is 0. The Morgan fingerprint density at radius 3 is 2.63 bits per heavy atom. The van der Waals surface area contributed by atoms with Gasteiger partial charge in [0, 0.05) is 23.4 Å². The van der Waals surface area contributed by atoms with Crippen LogP contribution in [0.1, 0.15) is 18.2 Å². The number of nitrogens with one attached hydrogen (secondary N) is 2. The maximum atomic E-state index is 5.18. The molecular formula is C19H23BrIN5O. The van der Waals surface area contributed by atoms with Gasteiger partial charge in [-0.1, -0.05) is 12.1 Å². The highest BCUT2D eigenvalue weighted by atomic mass is 127. The number of pyridine rings is 1. The number of ether oxygens (including phenoxy) is 1. The number of benzene rings is 1. The molecule has 0 saturated carbocycles. The molecule has 8 heteroatoms. The van der Waals surface area contributed by atoms with Gasteiger partial charge in [-0.3, -0.25) is 0 Å². The van der Waals surface area contributed by atoms with E-state index in [9.17, 15) is 0 Å². The number of rotatable bonds is 6. The fraction of sp³-hybridized carbons (Fsp3) is 0.263. The third kappa shape index (κ3) is 6.10. The van der Waals surface area contributed by atoms with Crippen LogP contribution in [-0.4, -0.2) is 29.0 Å². The molecule has 2 heterocycles. The molecule has 0 aliphatic carbocycles. The molecule has 1 aromatic carbocycles. The molecule has 2 N–H and O–H groups in total. The summed E-state index contributed by atoms with van der Waals surface area (Å²) < 4.78 is 8.21. The topological polar surface area (TPSA) is 63.0 Å². The summed E-state index contributed by atoms with van der Waals surface area (Å²) in [4.78, 5) is 9.24. The van der Waals surface area contributed by atoms with Crippen LogP contribution in [0.15, 0.2) is 58.3 Å². The number of hydrogen-bond donors (Lipinski definition) is 2. The summed E-state index contributed by atoms with van der Waals surface area (Å²) in [6, 6.07) is 11.9. The molecule has 0 unspecified atom stereocenters. The Hall–Kier alpha value is -1.81. The van der Waals surface area contributed by atoms with Crippen molar-refractivity contribution in [3.63, 3.8) is 0 Å². The second-order valence-electron chi connectivity index (χ2n) is 5.74. The fourth-order valence-corrected chi connectivity index (χ4v) is 2.87. The highest BCUT2D eigenvalue weighted by Gasteiger charge is 2.04. The number of aliphatic imine (C=N–C) groups is 1. The Bertz CT molecular complexity index is 895. The van der Waals surface area contributed by atoms with E-state index in [4.69, 9.17) is 4.74 Å². The molecule has 0 aliphatic heterocycles. The first-order valence-electron chi connectivity index (χ1n) is 8.46. The normalized spacial score (nSPS) is 11.1. The monoisotopic (exact) mass is 543 g/mol. The van der Waals surface area contributed by atoms with Crippen LogP contribution < -0.4 is 15.4 Å². The Morgan fingerprint density at radius 2 is 1.93 bits per heavy atom. The lowest BCUT2D eigenvalue weighted by Crippen LogP contribution is -2.36. The van der Waals surface area contributed by atoms with Gasteiger partial charge in [-0.25, -0.2) is 9.98 Å². The summed E-state index contributed by atoms with van der Waals surface area (Å²) >= 11 is 3.47. The van der Waals surface area contributed by atoms with Crippen molar-refractivity contribution in [2.75, 3.05) is 13.7 Å². The lowest BCUT2D eigenvalue weighted by atomic mass is 10.2. The molecule has 144 valence electrons. The molecule has 3 aromatic rings. The summed E-state index contributed by atoms with van der Waals surface area (Å²) in [6.45, 7) is 4.05. The van der Waals surface area contributed by atoms with E-state index < -0.39 is 0 Å². The molecule has 0 radical (unpaired) electrons. The van der Waals surface area contributed by atoms with E-state index in [-0.39, 0.29) is 24.0 Å². The SMILES string of the molecule is CCNC(=NCc1ccc(OC)cc1)NCc1cn2cc(Br)ccc2n1.I. The highest BCUT2D eigenvalue weighted by molar-refractivity contribution is 14.0. The van der Waals surface area contributed by atoms with Gasteiger partial charge in [0.15, 0.2) is 5.96 Å². The molecule has 0 spiro atoms. The van der Waals surface area contributed by atoms with Crippen LogP contribution >= 0.6 is 39.9 Å². The van der Waals surface area contributed by atoms with Gasteiger partial charge in [0.1, 0.15) is 11.4 Å². The number of nitrogens with zero attached hydrogens (tertiary/aromatic N) is 3. The minimum Gasteiger partial charge on any atom is -0.497 e. The molecule has 0 fully saturated rings. The van der Waals surface area contributed by atoms with Crippen molar-refractivity contribution in [2.45, 2.75) is 20.0 Å². The third-order valence-electron chi connectivity index (χ3n) is 3.82. The zero-order valence-electron chi connectivity index (χ0n) is 15.3. The molecule has 27 heavy (non-hydrogen) atoms. The molecule has 0 bridgehead atoms. The second kappa shape index (κ2) is 10.5. The molecule has 0 aliphatic rings. The lowest BCUT2D eigenvalue weighted by molar-refractivity contribution is 0.414. The number of imidazole rings is 1. The standard InChI is InChI=1S/C19H22BrN5O.HI/c1-3-21-19(22-10-14-4-7-17(26-2)8-5-14)23-11-16-13-25-12-15(20)6-9-18(25)24-16;/h4-9,12-13H,3,10-11H2,1-2H3,(H2,21,22,23);1H. The smallest absolute Gasteiger partial charge is 0.191 e. The van der Waals surface area contributed by atoms with E-state index in [0.29, 0.717) is 13.1 Å². The number of halogens is 2. The van der Waals surface area contributed by atoms with Gasteiger partial charge in [0.05, 0.1) is 25.9 Å². The molecular weight excluding hydrogens is 521 g/mol. The first-order chi connectivity index (χ1) is 12.7. The van der Waals surface area contributed by atoms with E-state index in [1.807, 2.05) is 60.1 Å². The van der Waals surface area contributed by atoms with Crippen LogP contribution in [0.3, 0.4) is 0 Å². The Morgan fingerprint density at radius 1 is 1.15 bits per heavy atom. The van der Waals surface area contributed by atoms with Crippen molar-refractivity contribution < 1.29 is 4.74 Å². The summed E-state index contributed by atoms with van der Waals surface area (Å²) in [5.74, 6) is 1.61. The van der Waals surface area contributed by atoms with Crippen molar-refractivity contribution in [2.24, 2.45) is 4.99 Å². The van der Waals surface area contributed by atoms with Gasteiger partial charge in [-0.05, 0) is 52.7 Å². The van der Waals surface area contributed by atoms with Crippen molar-refractivity contribution in [1.82, 2.24) is 20.0 Å². The van der Waals surface area contributed by atoms with Gasteiger partial charge in [-0.2, -0.15) is 0 Å². The van der Waals surface area contributed by atoms with Crippen molar-refractivity contribution >= 4 is 51.5 Å². The quantitative estimate of drug-likeness (QED) is 0.280. The summed E-state index contributed by atoms with van der Waals surface area (Å²) in [5, 5.41) is 6.59. The van der Waals surface area contributed by atoms with E-state index in [1.165, 1.54) is 0 Å². The largest absolute Gasteiger partial charge is 0.497 e. The average molecular weight is 544 g/mol. The minimum atomic E-state index is 0. The summed E-state index contributed by atoms with van der Waals surface area (Å²) in [5.41, 5.74) is 3.00. The Kier molecular flexibility index (Phi) is 8.36. The van der Waals surface area contributed by atoms with Crippen molar-refractivity contribution in [1.29, 1.82) is 0 Å². The van der Waals surface area contributed by atoms with Gasteiger partial charge in [0.25, 0.3) is 0 Å². The first-order valence-corrected chi connectivity index (χ1v) is 9.25. The maximum absolute atomic E-state index is 5.18. The van der Waals surface area contributed by atoms with E-state index in [2.05, 4.69) is 36.5 Å². The molecule has 2 aromatic heterocycles. The fourth-order valence-electron chi connectivity index (χ4n) is 2.52. The number of hydrogen-bond acceptors (Lipinski definition) is 3. The third-order valence-corrected chi connectivity index (χ3v) is 4.29. The second-order valence-corrected chi connectivity index (χ2v) is 6.66. The van der Waals surface area contributed by atoms with Crippen molar-refractivity contribution in [3.8, 4) is 5.75 Å². The Labute approximate surface area is 184 Å². The van der Waals surface area contributed by atoms with Gasteiger partial charge in [0.2, 0.25) is 0 Å². The zero-order chi connectivity index (χ0) is 18.4. The van der Waals surface area contributed by atoms with Crippen LogP contribution in [0.2, 0.25) is 0 Å². The number of methoxy groups -OCH3 is 1. The van der Waals surface area contributed by atoms with Crippen molar-refractivity contribution in [3.05, 3.63) is 64.5 Å². The van der Waals surface area contributed by atoms with Crippen LogP contribution in [0.25, 0.3) is 5.65 Å². The van der Waals surface area contributed by atoms with E-state index in [1.54, 1.807) is 7.11 Å². The van der Waals surface area contributed by atoms with Crippen LogP contribution in [-0.2, 0) is 13.1 Å². The summed E-state index contributed by atoms with van der Waals surface area (Å²) in [7, 11) is 1.67. The number of aromatic nitrogens is 2. The Balaban J connectivity index is 0.00000261.